The van der Waals surface area contributed by atoms with Crippen molar-refractivity contribution >= 4 is 27.3 Å². The zero-order valence-corrected chi connectivity index (χ0v) is 13.6. The van der Waals surface area contributed by atoms with Crippen molar-refractivity contribution < 1.29 is 13.2 Å². The van der Waals surface area contributed by atoms with Crippen LogP contribution in [0.15, 0.2) is 47.5 Å². The predicted molar refractivity (Wildman–Crippen MR) is 84.7 cm³/mol. The van der Waals surface area contributed by atoms with E-state index in [4.69, 9.17) is 11.6 Å². The Bertz CT molecular complexity index is 789. The summed E-state index contributed by atoms with van der Waals surface area (Å²) in [5, 5.41) is 3.07. The molecular formula is C15H15ClN2O3S. The molecule has 0 spiro atoms. The number of pyridine rings is 1. The molecule has 0 aliphatic carbocycles. The van der Waals surface area contributed by atoms with Crippen LogP contribution in [0.1, 0.15) is 28.9 Å². The van der Waals surface area contributed by atoms with Crippen molar-refractivity contribution in [3.63, 3.8) is 0 Å². The molecule has 2 aromatic rings. The maximum absolute atomic E-state index is 12.1. The van der Waals surface area contributed by atoms with Gasteiger partial charge in [-0.25, -0.2) is 13.4 Å². The van der Waals surface area contributed by atoms with Crippen molar-refractivity contribution in [3.8, 4) is 0 Å². The number of hydrogen-bond acceptors (Lipinski definition) is 4. The Morgan fingerprint density at radius 1 is 1.23 bits per heavy atom. The van der Waals surface area contributed by atoms with Crippen LogP contribution < -0.4 is 5.32 Å². The van der Waals surface area contributed by atoms with E-state index in [1.165, 1.54) is 24.4 Å². The first-order valence-electron chi connectivity index (χ1n) is 6.50. The van der Waals surface area contributed by atoms with Gasteiger partial charge in [0.05, 0.1) is 10.9 Å². The zero-order chi connectivity index (χ0) is 16.3. The van der Waals surface area contributed by atoms with E-state index < -0.39 is 9.84 Å². The van der Waals surface area contributed by atoms with Crippen LogP contribution in [-0.2, 0) is 9.84 Å². The molecule has 1 heterocycles. The van der Waals surface area contributed by atoms with Gasteiger partial charge in [0.15, 0.2) is 9.84 Å². The Hall–Kier alpha value is -1.92. The number of halogens is 1. The van der Waals surface area contributed by atoms with Crippen molar-refractivity contribution in [3.05, 3.63) is 58.9 Å². The monoisotopic (exact) mass is 338 g/mol. The van der Waals surface area contributed by atoms with Crippen molar-refractivity contribution in [2.45, 2.75) is 17.9 Å². The van der Waals surface area contributed by atoms with E-state index in [9.17, 15) is 13.2 Å². The van der Waals surface area contributed by atoms with E-state index in [2.05, 4.69) is 10.3 Å². The Morgan fingerprint density at radius 3 is 2.41 bits per heavy atom. The van der Waals surface area contributed by atoms with Gasteiger partial charge in [0, 0.05) is 18.0 Å². The molecule has 1 unspecified atom stereocenters. The first kappa shape index (κ1) is 16.5. The average Bonchev–Trinajstić information content (AvgIpc) is 2.46. The van der Waals surface area contributed by atoms with E-state index in [-0.39, 0.29) is 22.0 Å². The summed E-state index contributed by atoms with van der Waals surface area (Å²) in [5.41, 5.74) is 1.22. The molecular weight excluding hydrogens is 324 g/mol. The van der Waals surface area contributed by atoms with Gasteiger partial charge in [-0.2, -0.15) is 0 Å². The molecule has 22 heavy (non-hydrogen) atoms. The first-order chi connectivity index (χ1) is 10.3. The molecule has 0 fully saturated rings. The maximum atomic E-state index is 12.1. The molecule has 1 N–H and O–H groups in total. The van der Waals surface area contributed by atoms with Crippen LogP contribution in [0.5, 0.6) is 0 Å². The second-order valence-electron chi connectivity index (χ2n) is 4.90. The van der Waals surface area contributed by atoms with Crippen molar-refractivity contribution in [1.29, 1.82) is 0 Å². The summed E-state index contributed by atoms with van der Waals surface area (Å²) in [5.74, 6) is -0.274. The van der Waals surface area contributed by atoms with E-state index in [1.54, 1.807) is 18.2 Å². The molecule has 1 aromatic carbocycles. The van der Waals surface area contributed by atoms with Crippen LogP contribution in [-0.4, -0.2) is 25.6 Å². The highest BCUT2D eigenvalue weighted by Gasteiger charge is 2.13. The smallest absolute Gasteiger partial charge is 0.251 e. The van der Waals surface area contributed by atoms with Crippen molar-refractivity contribution in [2.75, 3.05) is 6.26 Å². The van der Waals surface area contributed by atoms with Gasteiger partial charge in [0.2, 0.25) is 0 Å². The number of nitrogens with zero attached hydrogens (tertiary/aromatic N) is 1. The topological polar surface area (TPSA) is 76.1 Å². The minimum absolute atomic E-state index is 0.246. The van der Waals surface area contributed by atoms with E-state index in [0.29, 0.717) is 5.56 Å². The van der Waals surface area contributed by atoms with Gasteiger partial charge in [0.25, 0.3) is 5.91 Å². The molecule has 116 valence electrons. The molecule has 5 nitrogen and oxygen atoms in total. The fraction of sp³-hybridized carbons (Fsp3) is 0.200. The number of rotatable bonds is 4. The van der Waals surface area contributed by atoms with Crippen LogP contribution >= 0.6 is 11.6 Å². The van der Waals surface area contributed by atoms with Gasteiger partial charge in [-0.05, 0) is 36.8 Å². The van der Waals surface area contributed by atoms with Crippen LogP contribution in [0.4, 0.5) is 0 Å². The lowest BCUT2D eigenvalue weighted by Crippen LogP contribution is -2.26. The molecule has 1 amide bonds. The molecule has 0 radical (unpaired) electrons. The lowest BCUT2D eigenvalue weighted by molar-refractivity contribution is 0.0939. The standard InChI is InChI=1S/C15H15ClN2O3S/c1-10(11-3-5-13(6-4-11)22(2,20)21)18-15(19)12-7-8-17-14(16)9-12/h3-10H,1-2H3,(H,18,19). The highest BCUT2D eigenvalue weighted by Crippen LogP contribution is 2.17. The molecule has 0 aliphatic heterocycles. The van der Waals surface area contributed by atoms with Crippen molar-refractivity contribution in [1.82, 2.24) is 10.3 Å². The Balaban J connectivity index is 2.12. The summed E-state index contributed by atoms with van der Waals surface area (Å²) >= 11 is 5.75. The Morgan fingerprint density at radius 2 is 1.86 bits per heavy atom. The molecule has 1 aromatic heterocycles. The number of carbonyl (C=O) groups excluding carboxylic acids is 1. The summed E-state index contributed by atoms with van der Waals surface area (Å²) in [7, 11) is -3.23. The molecule has 0 bridgehead atoms. The quantitative estimate of drug-likeness (QED) is 0.869. The highest BCUT2D eigenvalue weighted by molar-refractivity contribution is 7.90. The molecule has 0 saturated heterocycles. The number of sulfone groups is 1. The molecule has 0 aliphatic rings. The van der Waals surface area contributed by atoms with Crippen LogP contribution in [0.2, 0.25) is 5.15 Å². The number of carbonyl (C=O) groups is 1. The maximum Gasteiger partial charge on any atom is 0.251 e. The summed E-state index contributed by atoms with van der Waals surface area (Å²) in [4.78, 5) is 16.2. The fourth-order valence-corrected chi connectivity index (χ4v) is 2.72. The van der Waals surface area contributed by atoms with E-state index >= 15 is 0 Å². The molecule has 2 rings (SSSR count). The van der Waals surface area contributed by atoms with Crippen molar-refractivity contribution in [2.24, 2.45) is 0 Å². The Labute approximate surface area is 134 Å². The summed E-state index contributed by atoms with van der Waals surface area (Å²) < 4.78 is 22.8. The number of amides is 1. The minimum Gasteiger partial charge on any atom is -0.346 e. The number of hydrogen-bond donors (Lipinski definition) is 1. The Kier molecular flexibility index (Phi) is 4.83. The SMILES string of the molecule is CC(NC(=O)c1ccnc(Cl)c1)c1ccc(S(C)(=O)=O)cc1. The predicted octanol–water partition coefficient (Wildman–Crippen LogP) is 2.63. The fourth-order valence-electron chi connectivity index (χ4n) is 1.91. The lowest BCUT2D eigenvalue weighted by Gasteiger charge is -2.14. The van der Waals surface area contributed by atoms with E-state index in [0.717, 1.165) is 11.8 Å². The molecule has 7 heteroatoms. The van der Waals surface area contributed by atoms with Gasteiger partial charge in [-0.1, -0.05) is 23.7 Å². The number of nitrogens with one attached hydrogen (secondary N) is 1. The van der Waals surface area contributed by atoms with Crippen LogP contribution in [0.25, 0.3) is 0 Å². The lowest BCUT2D eigenvalue weighted by atomic mass is 10.1. The zero-order valence-electron chi connectivity index (χ0n) is 12.1. The minimum atomic E-state index is -3.23. The van der Waals surface area contributed by atoms with Gasteiger partial charge >= 0.3 is 0 Å². The third-order valence-corrected chi connectivity index (χ3v) is 4.48. The van der Waals surface area contributed by atoms with Gasteiger partial charge in [-0.15, -0.1) is 0 Å². The number of benzene rings is 1. The van der Waals surface area contributed by atoms with Gasteiger partial charge in [-0.3, -0.25) is 4.79 Å². The summed E-state index contributed by atoms with van der Waals surface area (Å²) in [6.45, 7) is 1.82. The second-order valence-corrected chi connectivity index (χ2v) is 7.31. The molecule has 1 atom stereocenters. The summed E-state index contributed by atoms with van der Waals surface area (Å²) in [6.07, 6.45) is 2.61. The average molecular weight is 339 g/mol. The van der Waals surface area contributed by atoms with Crippen LogP contribution in [0, 0.1) is 0 Å². The largest absolute Gasteiger partial charge is 0.346 e. The normalized spacial score (nSPS) is 12.7. The van der Waals surface area contributed by atoms with E-state index in [1.807, 2.05) is 6.92 Å². The molecule has 0 saturated carbocycles. The first-order valence-corrected chi connectivity index (χ1v) is 8.77. The van der Waals surface area contributed by atoms with Gasteiger partial charge in [0.1, 0.15) is 5.15 Å². The third kappa shape index (κ3) is 4.05. The van der Waals surface area contributed by atoms with Gasteiger partial charge < -0.3 is 5.32 Å². The highest BCUT2D eigenvalue weighted by atomic mass is 35.5. The summed E-state index contributed by atoms with van der Waals surface area (Å²) in [6, 6.07) is 9.19. The third-order valence-electron chi connectivity index (χ3n) is 3.14. The second kappa shape index (κ2) is 6.46. The number of aromatic nitrogens is 1. The van der Waals surface area contributed by atoms with Crippen LogP contribution in [0.3, 0.4) is 0 Å².